The van der Waals surface area contributed by atoms with Crippen LogP contribution in [0.2, 0.25) is 0 Å². The van der Waals surface area contributed by atoms with E-state index in [1.165, 1.54) is 6.20 Å². The number of carbonyl (C=O) groups is 4. The summed E-state index contributed by atoms with van der Waals surface area (Å²) in [6, 6.07) is 18.2. The molecule has 0 spiro atoms. The van der Waals surface area contributed by atoms with Gasteiger partial charge in [0.25, 0.3) is 0 Å². The minimum absolute atomic E-state index is 0.00719. The smallest absolute Gasteiger partial charge is 0.425 e. The fourth-order valence-corrected chi connectivity index (χ4v) is 5.33. The standard InChI is InChI=1S/C39H47N5O8/c1-8-25-21-28(13-12-26(25)17-19-50-35(47)43-29-11-9-10-24(20-29)23-40)32(34(45)46)42-30-14-15-31-27(22-30)16-18-41-33(31)44(36(48)51-38(2,3)4)37(49)52-39(5,6)7/h9-16,18,20-22,32,42H,8,17,19,23,40H2,1-7H3,(H,43,47)(H,45,46). The summed E-state index contributed by atoms with van der Waals surface area (Å²) in [5.41, 5.74) is 8.21. The van der Waals surface area contributed by atoms with Crippen LogP contribution in [0.1, 0.15) is 76.8 Å². The number of fused-ring (bicyclic) bond motifs is 1. The lowest BCUT2D eigenvalue weighted by Crippen LogP contribution is -2.44. The highest BCUT2D eigenvalue weighted by molar-refractivity contribution is 6.14. The van der Waals surface area contributed by atoms with Gasteiger partial charge in [0.1, 0.15) is 11.2 Å². The largest absolute Gasteiger partial charge is 0.479 e. The first-order chi connectivity index (χ1) is 24.5. The Hall–Kier alpha value is -5.69. The number of carbonyl (C=O) groups excluding carboxylic acids is 3. The molecule has 13 nitrogen and oxygen atoms in total. The Morgan fingerprint density at radius 1 is 0.865 bits per heavy atom. The second-order valence-electron chi connectivity index (χ2n) is 14.1. The van der Waals surface area contributed by atoms with Gasteiger partial charge in [-0.3, -0.25) is 5.32 Å². The number of rotatable bonds is 11. The van der Waals surface area contributed by atoms with Gasteiger partial charge in [0.2, 0.25) is 0 Å². The predicted octanol–water partition coefficient (Wildman–Crippen LogP) is 7.96. The maximum Gasteiger partial charge on any atom is 0.425 e. The molecule has 1 heterocycles. The summed E-state index contributed by atoms with van der Waals surface area (Å²) in [7, 11) is 0. The number of aromatic nitrogens is 1. The average molecular weight is 714 g/mol. The van der Waals surface area contributed by atoms with Crippen molar-refractivity contribution in [3.8, 4) is 0 Å². The monoisotopic (exact) mass is 713 g/mol. The van der Waals surface area contributed by atoms with Crippen molar-refractivity contribution in [2.45, 2.75) is 85.1 Å². The van der Waals surface area contributed by atoms with Gasteiger partial charge in [0.05, 0.1) is 6.61 Å². The lowest BCUT2D eigenvalue weighted by atomic mass is 9.96. The van der Waals surface area contributed by atoms with E-state index in [2.05, 4.69) is 15.6 Å². The first-order valence-corrected chi connectivity index (χ1v) is 17.0. The first-order valence-electron chi connectivity index (χ1n) is 17.0. The van der Waals surface area contributed by atoms with Crippen molar-refractivity contribution in [3.63, 3.8) is 0 Å². The Labute approximate surface area is 303 Å². The number of imide groups is 1. The van der Waals surface area contributed by atoms with E-state index in [0.717, 1.165) is 21.6 Å². The van der Waals surface area contributed by atoms with Crippen molar-refractivity contribution in [1.82, 2.24) is 4.98 Å². The quantitative estimate of drug-likeness (QED) is 0.111. The lowest BCUT2D eigenvalue weighted by molar-refractivity contribution is -0.138. The van der Waals surface area contributed by atoms with Gasteiger partial charge in [0.15, 0.2) is 11.9 Å². The maximum absolute atomic E-state index is 13.3. The van der Waals surface area contributed by atoms with Gasteiger partial charge < -0.3 is 30.4 Å². The van der Waals surface area contributed by atoms with Gasteiger partial charge in [-0.15, -0.1) is 0 Å². The number of nitrogens with one attached hydrogen (secondary N) is 2. The van der Waals surface area contributed by atoms with Crippen molar-refractivity contribution in [2.24, 2.45) is 5.73 Å². The van der Waals surface area contributed by atoms with Gasteiger partial charge in [-0.25, -0.2) is 24.2 Å². The van der Waals surface area contributed by atoms with E-state index in [0.29, 0.717) is 47.1 Å². The van der Waals surface area contributed by atoms with E-state index >= 15 is 0 Å². The number of carboxylic acids is 1. The number of aliphatic carboxylic acids is 1. The molecule has 0 aliphatic heterocycles. The summed E-state index contributed by atoms with van der Waals surface area (Å²) in [4.78, 5) is 56.6. The zero-order valence-corrected chi connectivity index (χ0v) is 30.6. The Bertz CT molecular complexity index is 1900. The third kappa shape index (κ3) is 10.7. The summed E-state index contributed by atoms with van der Waals surface area (Å²) in [5, 5.41) is 17.1. The molecule has 1 unspecified atom stereocenters. The van der Waals surface area contributed by atoms with Crippen LogP contribution in [-0.4, -0.2) is 52.1 Å². The predicted molar refractivity (Wildman–Crippen MR) is 200 cm³/mol. The van der Waals surface area contributed by atoms with Gasteiger partial charge >= 0.3 is 24.2 Å². The van der Waals surface area contributed by atoms with E-state index in [9.17, 15) is 24.3 Å². The van der Waals surface area contributed by atoms with E-state index in [1.54, 1.807) is 90.1 Å². The van der Waals surface area contributed by atoms with Crippen molar-refractivity contribution in [3.05, 3.63) is 95.2 Å². The SMILES string of the molecule is CCc1cc(C(Nc2ccc3c(N(C(=O)OC(C)(C)C)C(=O)OC(C)(C)C)nccc3c2)C(=O)O)ccc1CCOC(=O)Nc1cccc(CN)c1. The fraction of sp³-hybridized carbons (Fsp3) is 0.359. The molecule has 4 aromatic rings. The zero-order valence-electron chi connectivity index (χ0n) is 30.6. The molecular formula is C39H47N5O8. The number of carboxylic acid groups (broad SMARTS) is 1. The second kappa shape index (κ2) is 16.6. The molecule has 0 radical (unpaired) electrons. The number of amides is 3. The second-order valence-corrected chi connectivity index (χ2v) is 14.1. The van der Waals surface area contributed by atoms with E-state index in [1.807, 2.05) is 25.1 Å². The molecule has 3 aromatic carbocycles. The van der Waals surface area contributed by atoms with Crippen LogP contribution in [0.4, 0.5) is 31.6 Å². The Balaban J connectivity index is 1.53. The third-order valence-electron chi connectivity index (χ3n) is 7.62. The number of hydrogen-bond donors (Lipinski definition) is 4. The van der Waals surface area contributed by atoms with Crippen molar-refractivity contribution in [1.29, 1.82) is 0 Å². The Morgan fingerprint density at radius 2 is 1.56 bits per heavy atom. The number of nitrogens with zero attached hydrogens (tertiary/aromatic N) is 2. The summed E-state index contributed by atoms with van der Waals surface area (Å²) in [6.07, 6.45) is 0.0268. The van der Waals surface area contributed by atoms with Crippen LogP contribution in [0.15, 0.2) is 72.9 Å². The molecule has 4 rings (SSSR count). The van der Waals surface area contributed by atoms with Crippen molar-refractivity contribution < 1.29 is 38.5 Å². The van der Waals surface area contributed by atoms with Crippen LogP contribution >= 0.6 is 0 Å². The number of pyridine rings is 1. The summed E-state index contributed by atoms with van der Waals surface area (Å²) >= 11 is 0. The van der Waals surface area contributed by atoms with Crippen molar-refractivity contribution in [2.75, 3.05) is 22.1 Å². The molecule has 0 saturated heterocycles. The molecule has 276 valence electrons. The molecule has 1 aromatic heterocycles. The number of nitrogens with two attached hydrogens (primary N) is 1. The molecule has 1 atom stereocenters. The topological polar surface area (TPSA) is 182 Å². The minimum Gasteiger partial charge on any atom is -0.479 e. The lowest BCUT2D eigenvalue weighted by Gasteiger charge is -2.28. The molecule has 5 N–H and O–H groups in total. The molecule has 3 amide bonds. The van der Waals surface area contributed by atoms with Crippen LogP contribution in [0.25, 0.3) is 10.8 Å². The van der Waals surface area contributed by atoms with Crippen LogP contribution in [0.5, 0.6) is 0 Å². The van der Waals surface area contributed by atoms with Crippen LogP contribution in [0, 0.1) is 0 Å². The molecule has 13 heteroatoms. The third-order valence-corrected chi connectivity index (χ3v) is 7.62. The molecule has 0 aliphatic carbocycles. The molecule has 0 fully saturated rings. The van der Waals surface area contributed by atoms with Gasteiger partial charge in [0, 0.05) is 35.9 Å². The van der Waals surface area contributed by atoms with Crippen molar-refractivity contribution >= 4 is 52.2 Å². The van der Waals surface area contributed by atoms with E-state index < -0.39 is 41.5 Å². The Morgan fingerprint density at radius 3 is 2.17 bits per heavy atom. The summed E-state index contributed by atoms with van der Waals surface area (Å²) < 4.78 is 16.4. The zero-order chi connectivity index (χ0) is 38.2. The maximum atomic E-state index is 13.3. The van der Waals surface area contributed by atoms with Crippen LogP contribution in [-0.2, 0) is 38.4 Å². The van der Waals surface area contributed by atoms with E-state index in [-0.39, 0.29) is 12.4 Å². The summed E-state index contributed by atoms with van der Waals surface area (Å²) in [5.74, 6) is -1.09. The first kappa shape index (κ1) is 39.1. The Kier molecular flexibility index (Phi) is 12.4. The van der Waals surface area contributed by atoms with Crippen LogP contribution < -0.4 is 21.3 Å². The van der Waals surface area contributed by atoms with Gasteiger partial charge in [-0.2, -0.15) is 4.90 Å². The van der Waals surface area contributed by atoms with Gasteiger partial charge in [-0.1, -0.05) is 37.3 Å². The summed E-state index contributed by atoms with van der Waals surface area (Å²) in [6.45, 7) is 12.6. The average Bonchev–Trinajstić information content (AvgIpc) is 3.05. The molecular weight excluding hydrogens is 666 g/mol. The van der Waals surface area contributed by atoms with E-state index in [4.69, 9.17) is 19.9 Å². The van der Waals surface area contributed by atoms with Crippen LogP contribution in [0.3, 0.4) is 0 Å². The molecule has 0 aliphatic rings. The number of anilines is 3. The minimum atomic E-state index is -1.11. The number of aryl methyl sites for hydroxylation is 1. The molecule has 0 bridgehead atoms. The number of benzene rings is 3. The highest BCUT2D eigenvalue weighted by Crippen LogP contribution is 2.31. The number of ether oxygens (including phenoxy) is 3. The fourth-order valence-electron chi connectivity index (χ4n) is 5.33. The molecule has 52 heavy (non-hydrogen) atoms. The highest BCUT2D eigenvalue weighted by Gasteiger charge is 2.34. The highest BCUT2D eigenvalue weighted by atomic mass is 16.6. The van der Waals surface area contributed by atoms with Gasteiger partial charge in [-0.05, 0) is 112 Å². The normalized spacial score (nSPS) is 12.1. The molecule has 0 saturated carbocycles. The number of hydrogen-bond acceptors (Lipinski definition) is 10.